The molecule has 0 saturated carbocycles. The number of carbonyl (C=O) groups is 1. The van der Waals surface area contributed by atoms with Crippen molar-refractivity contribution >= 4 is 17.7 Å². The Balaban J connectivity index is 1.79. The summed E-state index contributed by atoms with van der Waals surface area (Å²) in [6, 6.07) is 11.5. The molecular weight excluding hydrogens is 322 g/mol. The standard InChI is InChI=1S/C18H21N3O2S/c1-21(15-8-10-24-11-9-15)18(22)14-5-3-4-13(12-14)16-6-7-17(23-2)20-19-16/h3-7,12,15H,8-11H2,1-2H3. The van der Waals surface area contributed by atoms with Crippen LogP contribution in [-0.2, 0) is 0 Å². The van der Waals surface area contributed by atoms with Crippen LogP contribution in [0.25, 0.3) is 11.3 Å². The number of ether oxygens (including phenoxy) is 1. The normalized spacial score (nSPS) is 15.1. The summed E-state index contributed by atoms with van der Waals surface area (Å²) in [7, 11) is 3.46. The minimum atomic E-state index is 0.0650. The Hall–Kier alpha value is -2.08. The quantitative estimate of drug-likeness (QED) is 0.854. The molecule has 1 saturated heterocycles. The summed E-state index contributed by atoms with van der Waals surface area (Å²) in [6.07, 6.45) is 2.13. The first kappa shape index (κ1) is 16.8. The van der Waals surface area contributed by atoms with Crippen LogP contribution in [0, 0.1) is 0 Å². The monoisotopic (exact) mass is 343 g/mol. The molecule has 1 amide bonds. The van der Waals surface area contributed by atoms with Crippen LogP contribution in [-0.4, -0.2) is 52.7 Å². The molecule has 0 spiro atoms. The van der Waals surface area contributed by atoms with E-state index in [0.29, 0.717) is 17.5 Å². The zero-order chi connectivity index (χ0) is 16.9. The van der Waals surface area contributed by atoms with Crippen LogP contribution < -0.4 is 4.74 Å². The summed E-state index contributed by atoms with van der Waals surface area (Å²) < 4.78 is 5.03. The van der Waals surface area contributed by atoms with Crippen LogP contribution in [0.3, 0.4) is 0 Å². The second-order valence-electron chi connectivity index (χ2n) is 5.80. The van der Waals surface area contributed by atoms with E-state index in [1.54, 1.807) is 13.2 Å². The van der Waals surface area contributed by atoms with Gasteiger partial charge in [-0.15, -0.1) is 10.2 Å². The molecule has 5 nitrogen and oxygen atoms in total. The van der Waals surface area contributed by atoms with E-state index in [1.165, 1.54) is 0 Å². The van der Waals surface area contributed by atoms with Crippen LogP contribution in [0.2, 0.25) is 0 Å². The van der Waals surface area contributed by atoms with Crippen molar-refractivity contribution in [3.63, 3.8) is 0 Å². The van der Waals surface area contributed by atoms with Crippen LogP contribution >= 0.6 is 11.8 Å². The number of hydrogen-bond acceptors (Lipinski definition) is 5. The van der Waals surface area contributed by atoms with E-state index in [1.807, 2.05) is 54.0 Å². The minimum Gasteiger partial charge on any atom is -0.480 e. The van der Waals surface area contributed by atoms with Crippen molar-refractivity contribution in [2.75, 3.05) is 25.7 Å². The van der Waals surface area contributed by atoms with Crippen LogP contribution in [0.5, 0.6) is 5.88 Å². The number of benzene rings is 1. The van der Waals surface area contributed by atoms with Gasteiger partial charge in [-0.1, -0.05) is 12.1 Å². The van der Waals surface area contributed by atoms with Crippen molar-refractivity contribution in [3.05, 3.63) is 42.0 Å². The van der Waals surface area contributed by atoms with Crippen molar-refractivity contribution in [1.82, 2.24) is 15.1 Å². The molecule has 6 heteroatoms. The van der Waals surface area contributed by atoms with Gasteiger partial charge in [0.25, 0.3) is 5.91 Å². The van der Waals surface area contributed by atoms with E-state index in [-0.39, 0.29) is 5.91 Å². The Kier molecular flexibility index (Phi) is 5.35. The maximum absolute atomic E-state index is 12.8. The number of hydrogen-bond donors (Lipinski definition) is 0. The smallest absolute Gasteiger partial charge is 0.253 e. The van der Waals surface area contributed by atoms with E-state index >= 15 is 0 Å². The van der Waals surface area contributed by atoms with Crippen molar-refractivity contribution < 1.29 is 9.53 Å². The molecule has 2 aromatic rings. The Morgan fingerprint density at radius 3 is 2.67 bits per heavy atom. The van der Waals surface area contributed by atoms with Gasteiger partial charge in [0.1, 0.15) is 0 Å². The number of rotatable bonds is 4. The maximum Gasteiger partial charge on any atom is 0.253 e. The Labute approximate surface area is 146 Å². The van der Waals surface area contributed by atoms with Gasteiger partial charge in [0.2, 0.25) is 5.88 Å². The molecule has 2 heterocycles. The van der Waals surface area contributed by atoms with Gasteiger partial charge in [-0.25, -0.2) is 0 Å². The van der Waals surface area contributed by atoms with Crippen molar-refractivity contribution in [1.29, 1.82) is 0 Å². The first-order chi connectivity index (χ1) is 11.7. The van der Waals surface area contributed by atoms with Gasteiger partial charge in [0, 0.05) is 30.3 Å². The number of carbonyl (C=O) groups excluding carboxylic acids is 1. The highest BCUT2D eigenvalue weighted by Gasteiger charge is 2.23. The third kappa shape index (κ3) is 3.70. The summed E-state index contributed by atoms with van der Waals surface area (Å²) in [5.74, 6) is 2.80. The molecule has 1 aromatic carbocycles. The summed E-state index contributed by atoms with van der Waals surface area (Å²) in [4.78, 5) is 14.7. The number of amides is 1. The predicted octanol–water partition coefficient (Wildman–Crippen LogP) is 3.12. The average Bonchev–Trinajstić information content (AvgIpc) is 2.67. The lowest BCUT2D eigenvalue weighted by atomic mass is 10.0. The molecule has 3 rings (SSSR count). The first-order valence-electron chi connectivity index (χ1n) is 8.02. The van der Waals surface area contributed by atoms with Crippen LogP contribution in [0.4, 0.5) is 0 Å². The molecule has 1 aliphatic rings. The van der Waals surface area contributed by atoms with Crippen molar-refractivity contribution in [2.24, 2.45) is 0 Å². The van der Waals surface area contributed by atoms with Gasteiger partial charge in [0.15, 0.2) is 0 Å². The fourth-order valence-electron chi connectivity index (χ4n) is 2.84. The molecule has 0 aliphatic carbocycles. The van der Waals surface area contributed by atoms with Gasteiger partial charge >= 0.3 is 0 Å². The molecule has 126 valence electrons. The lowest BCUT2D eigenvalue weighted by Crippen LogP contribution is -2.39. The molecule has 1 fully saturated rings. The fraction of sp³-hybridized carbons (Fsp3) is 0.389. The molecular formula is C18H21N3O2S. The van der Waals surface area contributed by atoms with E-state index in [4.69, 9.17) is 4.74 Å². The maximum atomic E-state index is 12.8. The second kappa shape index (κ2) is 7.66. The topological polar surface area (TPSA) is 55.3 Å². The largest absolute Gasteiger partial charge is 0.480 e. The number of thioether (sulfide) groups is 1. The molecule has 1 aliphatic heterocycles. The molecule has 0 bridgehead atoms. The first-order valence-corrected chi connectivity index (χ1v) is 9.17. The molecule has 0 unspecified atom stereocenters. The van der Waals surface area contributed by atoms with E-state index in [2.05, 4.69) is 10.2 Å². The Morgan fingerprint density at radius 1 is 1.21 bits per heavy atom. The van der Waals surface area contributed by atoms with Gasteiger partial charge in [-0.05, 0) is 42.5 Å². The van der Waals surface area contributed by atoms with Gasteiger partial charge in [0.05, 0.1) is 12.8 Å². The molecule has 1 aromatic heterocycles. The predicted molar refractivity (Wildman–Crippen MR) is 96.5 cm³/mol. The van der Waals surface area contributed by atoms with Crippen molar-refractivity contribution in [2.45, 2.75) is 18.9 Å². The Morgan fingerprint density at radius 2 is 2.00 bits per heavy atom. The minimum absolute atomic E-state index is 0.0650. The van der Waals surface area contributed by atoms with E-state index < -0.39 is 0 Å². The third-order valence-corrected chi connectivity index (χ3v) is 5.36. The zero-order valence-electron chi connectivity index (χ0n) is 13.9. The van der Waals surface area contributed by atoms with Gasteiger partial charge in [-0.3, -0.25) is 4.79 Å². The highest BCUT2D eigenvalue weighted by Crippen LogP contribution is 2.24. The van der Waals surface area contributed by atoms with Gasteiger partial charge in [-0.2, -0.15) is 11.8 Å². The number of methoxy groups -OCH3 is 1. The molecule has 0 N–H and O–H groups in total. The fourth-order valence-corrected chi connectivity index (χ4v) is 3.92. The van der Waals surface area contributed by atoms with Crippen molar-refractivity contribution in [3.8, 4) is 17.1 Å². The summed E-state index contributed by atoms with van der Waals surface area (Å²) in [5, 5.41) is 8.14. The SMILES string of the molecule is COc1ccc(-c2cccc(C(=O)N(C)C3CCSCC3)c2)nn1. The average molecular weight is 343 g/mol. The molecule has 0 radical (unpaired) electrons. The third-order valence-electron chi connectivity index (χ3n) is 4.31. The second-order valence-corrected chi connectivity index (χ2v) is 7.03. The highest BCUT2D eigenvalue weighted by molar-refractivity contribution is 7.99. The van der Waals surface area contributed by atoms with Gasteiger partial charge < -0.3 is 9.64 Å². The summed E-state index contributed by atoms with van der Waals surface area (Å²) in [5.41, 5.74) is 2.29. The van der Waals surface area contributed by atoms with E-state index in [9.17, 15) is 4.79 Å². The number of aromatic nitrogens is 2. The highest BCUT2D eigenvalue weighted by atomic mass is 32.2. The summed E-state index contributed by atoms with van der Waals surface area (Å²) >= 11 is 1.96. The zero-order valence-corrected chi connectivity index (χ0v) is 14.8. The van der Waals surface area contributed by atoms with Crippen LogP contribution in [0.1, 0.15) is 23.2 Å². The number of nitrogens with zero attached hydrogens (tertiary/aromatic N) is 3. The molecule has 24 heavy (non-hydrogen) atoms. The van der Waals surface area contributed by atoms with Crippen LogP contribution in [0.15, 0.2) is 36.4 Å². The lowest BCUT2D eigenvalue weighted by molar-refractivity contribution is 0.0723. The summed E-state index contributed by atoms with van der Waals surface area (Å²) in [6.45, 7) is 0. The lowest BCUT2D eigenvalue weighted by Gasteiger charge is -2.31. The Bertz CT molecular complexity index is 700. The molecule has 0 atom stereocenters. The van der Waals surface area contributed by atoms with E-state index in [0.717, 1.165) is 35.6 Å².